The lowest BCUT2D eigenvalue weighted by atomic mass is 9.98. The van der Waals surface area contributed by atoms with Crippen molar-refractivity contribution in [3.63, 3.8) is 0 Å². The van der Waals surface area contributed by atoms with Crippen LogP contribution in [0.25, 0.3) is 0 Å². The summed E-state index contributed by atoms with van der Waals surface area (Å²) in [5, 5.41) is 69.2. The molecule has 7 N–H and O–H groups in total. The number of ether oxygens (including phenoxy) is 4. The Hall–Kier alpha value is -0.930. The fraction of sp³-hybridized carbons (Fsp3) is 0.950. The summed E-state index contributed by atoms with van der Waals surface area (Å²) in [6.07, 6.45) is -10.6. The molecule has 0 radical (unpaired) electrons. The predicted octanol–water partition coefficient (Wildman–Crippen LogP) is -2.49. The van der Waals surface area contributed by atoms with Gasteiger partial charge in [0.2, 0.25) is 6.29 Å². The minimum atomic E-state index is -1.70. The van der Waals surface area contributed by atoms with Gasteiger partial charge in [0.25, 0.3) is 0 Å². The molecule has 12 nitrogen and oxygen atoms in total. The smallest absolute Gasteiger partial charge is 0.308 e. The van der Waals surface area contributed by atoms with Crippen LogP contribution in [-0.4, -0.2) is 116 Å². The number of hydrogen-bond donors (Lipinski definition) is 7. The van der Waals surface area contributed by atoms with E-state index < -0.39 is 80.6 Å². The van der Waals surface area contributed by atoms with Crippen LogP contribution in [0.3, 0.4) is 0 Å². The van der Waals surface area contributed by atoms with Crippen LogP contribution in [0.2, 0.25) is 0 Å². The quantitative estimate of drug-likeness (QED) is 0.125. The number of hydrogen-bond acceptors (Lipinski definition) is 12. The molecule has 0 saturated carbocycles. The zero-order chi connectivity index (χ0) is 23.8. The Morgan fingerprint density at radius 3 is 1.94 bits per heavy atom. The van der Waals surface area contributed by atoms with Crippen LogP contribution in [0.5, 0.6) is 0 Å². The van der Waals surface area contributed by atoms with Gasteiger partial charge in [0, 0.05) is 6.42 Å². The topological polar surface area (TPSA) is 196 Å². The molecule has 188 valence electrons. The molecule has 32 heavy (non-hydrogen) atoms. The molecule has 2 aliphatic heterocycles. The maximum atomic E-state index is 12.1. The summed E-state index contributed by atoms with van der Waals surface area (Å²) in [5.74, 6) is -0.622. The van der Waals surface area contributed by atoms with Gasteiger partial charge < -0.3 is 54.7 Å². The maximum absolute atomic E-state index is 12.1. The van der Waals surface area contributed by atoms with Gasteiger partial charge in [-0.05, 0) is 6.42 Å². The van der Waals surface area contributed by atoms with E-state index in [-0.39, 0.29) is 6.42 Å². The average molecular weight is 468 g/mol. The average Bonchev–Trinajstić information content (AvgIpc) is 2.78. The van der Waals surface area contributed by atoms with Crippen molar-refractivity contribution < 1.29 is 59.5 Å². The third kappa shape index (κ3) is 7.03. The number of carbonyl (C=O) groups is 1. The van der Waals surface area contributed by atoms with Crippen molar-refractivity contribution in [3.8, 4) is 0 Å². The van der Waals surface area contributed by atoms with E-state index in [2.05, 4.69) is 6.92 Å². The van der Waals surface area contributed by atoms with Crippen molar-refractivity contribution in [2.75, 3.05) is 13.2 Å². The summed E-state index contributed by atoms with van der Waals surface area (Å²) in [7, 11) is 0. The van der Waals surface area contributed by atoms with Gasteiger partial charge in [0.1, 0.15) is 48.8 Å². The first-order valence-electron chi connectivity index (χ1n) is 11.0. The molecule has 10 atom stereocenters. The van der Waals surface area contributed by atoms with Crippen molar-refractivity contribution in [2.24, 2.45) is 0 Å². The minimum Gasteiger partial charge on any atom is -0.433 e. The van der Waals surface area contributed by atoms with Gasteiger partial charge in [-0.25, -0.2) is 0 Å². The van der Waals surface area contributed by atoms with Crippen LogP contribution >= 0.6 is 0 Å². The highest BCUT2D eigenvalue weighted by molar-refractivity contribution is 5.69. The van der Waals surface area contributed by atoms with Gasteiger partial charge in [0.05, 0.1) is 13.2 Å². The van der Waals surface area contributed by atoms with Crippen LogP contribution in [0.4, 0.5) is 0 Å². The zero-order valence-electron chi connectivity index (χ0n) is 18.1. The number of unbranched alkanes of at least 4 members (excludes halogenated alkanes) is 4. The highest BCUT2D eigenvalue weighted by Gasteiger charge is 2.48. The van der Waals surface area contributed by atoms with Crippen molar-refractivity contribution >= 4 is 5.97 Å². The van der Waals surface area contributed by atoms with Gasteiger partial charge in [0.15, 0.2) is 6.29 Å². The number of esters is 1. The molecule has 2 heterocycles. The van der Waals surface area contributed by atoms with E-state index in [1.807, 2.05) is 0 Å². The summed E-state index contributed by atoms with van der Waals surface area (Å²) < 4.78 is 21.0. The number of rotatable bonds is 11. The third-order valence-corrected chi connectivity index (χ3v) is 5.67. The lowest BCUT2D eigenvalue weighted by Gasteiger charge is -2.42. The fourth-order valence-corrected chi connectivity index (χ4v) is 3.61. The van der Waals surface area contributed by atoms with E-state index in [0.29, 0.717) is 6.42 Å². The standard InChI is InChI=1S/C20H36O12/c1-2-3-4-5-6-7-12(22)32-20-18(28)16(26)14(24)11(31-20)9-29-19-17(27)15(25)13(23)10(8-21)30-19/h10-11,13-21,23-28H,2-9H2,1H3/t10-,11-,13-,14-,15+,16-,17-,18-,19-,20+/m1/s1. The molecule has 2 rings (SSSR count). The molecule has 12 heteroatoms. The van der Waals surface area contributed by atoms with Gasteiger partial charge in [-0.15, -0.1) is 0 Å². The van der Waals surface area contributed by atoms with Crippen LogP contribution in [-0.2, 0) is 23.7 Å². The second-order valence-corrected chi connectivity index (χ2v) is 8.20. The number of aliphatic hydroxyl groups is 7. The predicted molar refractivity (Wildman–Crippen MR) is 106 cm³/mol. The Bertz CT molecular complexity index is 561. The van der Waals surface area contributed by atoms with E-state index >= 15 is 0 Å². The van der Waals surface area contributed by atoms with E-state index in [4.69, 9.17) is 18.9 Å². The lowest BCUT2D eigenvalue weighted by Crippen LogP contribution is -2.61. The molecular formula is C20H36O12. The van der Waals surface area contributed by atoms with Gasteiger partial charge in [-0.3, -0.25) is 4.79 Å². The Labute approximate surface area is 186 Å². The van der Waals surface area contributed by atoms with E-state index in [1.165, 1.54) is 0 Å². The first-order chi connectivity index (χ1) is 15.2. The van der Waals surface area contributed by atoms with Crippen LogP contribution in [0.1, 0.15) is 45.4 Å². The summed E-state index contributed by atoms with van der Waals surface area (Å²) in [6, 6.07) is 0. The van der Waals surface area contributed by atoms with Crippen molar-refractivity contribution in [3.05, 3.63) is 0 Å². The summed E-state index contributed by atoms with van der Waals surface area (Å²) >= 11 is 0. The summed E-state index contributed by atoms with van der Waals surface area (Å²) in [6.45, 7) is 0.945. The number of carbonyl (C=O) groups excluding carboxylic acids is 1. The Balaban J connectivity index is 1.89. The molecule has 0 amide bonds. The molecule has 2 aliphatic rings. The Morgan fingerprint density at radius 1 is 0.750 bits per heavy atom. The molecule has 2 fully saturated rings. The second kappa shape index (κ2) is 13.1. The lowest BCUT2D eigenvalue weighted by molar-refractivity contribution is -0.327. The molecule has 2 saturated heterocycles. The van der Waals surface area contributed by atoms with E-state index in [1.54, 1.807) is 0 Å². The maximum Gasteiger partial charge on any atom is 0.308 e. The van der Waals surface area contributed by atoms with Gasteiger partial charge in [-0.1, -0.05) is 32.6 Å². The summed E-state index contributed by atoms with van der Waals surface area (Å²) in [5.41, 5.74) is 0. The number of aliphatic hydroxyl groups excluding tert-OH is 7. The molecule has 0 bridgehead atoms. The monoisotopic (exact) mass is 468 g/mol. The summed E-state index contributed by atoms with van der Waals surface area (Å²) in [4.78, 5) is 12.1. The van der Waals surface area contributed by atoms with Gasteiger partial charge in [-0.2, -0.15) is 0 Å². The van der Waals surface area contributed by atoms with Crippen LogP contribution in [0.15, 0.2) is 0 Å². The highest BCUT2D eigenvalue weighted by atomic mass is 16.7. The van der Waals surface area contributed by atoms with Gasteiger partial charge >= 0.3 is 5.97 Å². The first kappa shape index (κ1) is 27.3. The largest absolute Gasteiger partial charge is 0.433 e. The Morgan fingerprint density at radius 2 is 1.31 bits per heavy atom. The van der Waals surface area contributed by atoms with E-state index in [0.717, 1.165) is 25.7 Å². The minimum absolute atomic E-state index is 0.112. The highest BCUT2D eigenvalue weighted by Crippen LogP contribution is 2.26. The van der Waals surface area contributed by atoms with Crippen molar-refractivity contribution in [1.29, 1.82) is 0 Å². The SMILES string of the molecule is CCCCCCCC(=O)O[C@@H]1O[C@H](CO[C@@H]2O[C@H](CO)[C@@H](O)[C@H](O)[C@H]2O)[C@@H](O)[C@@H](O)[C@H]1O. The second-order valence-electron chi connectivity index (χ2n) is 8.20. The van der Waals surface area contributed by atoms with Crippen molar-refractivity contribution in [1.82, 2.24) is 0 Å². The van der Waals surface area contributed by atoms with Crippen LogP contribution in [0, 0.1) is 0 Å². The molecule has 0 spiro atoms. The molecule has 0 unspecified atom stereocenters. The third-order valence-electron chi connectivity index (χ3n) is 5.67. The normalized spacial score (nSPS) is 40.2. The Kier molecular flexibility index (Phi) is 11.2. The van der Waals surface area contributed by atoms with Crippen LogP contribution < -0.4 is 0 Å². The molecule has 0 aliphatic carbocycles. The van der Waals surface area contributed by atoms with E-state index in [9.17, 15) is 40.5 Å². The first-order valence-corrected chi connectivity index (χ1v) is 11.0. The van der Waals surface area contributed by atoms with Crippen molar-refractivity contribution in [2.45, 2.75) is 107 Å². The molecule has 0 aromatic heterocycles. The fourth-order valence-electron chi connectivity index (χ4n) is 3.61. The zero-order valence-corrected chi connectivity index (χ0v) is 18.1. The molecule has 0 aromatic carbocycles. The molecular weight excluding hydrogens is 432 g/mol. The molecule has 0 aromatic rings.